The Hall–Kier alpha value is -2.12. The van der Waals surface area contributed by atoms with Crippen molar-refractivity contribution in [1.29, 1.82) is 0 Å². The van der Waals surface area contributed by atoms with E-state index in [9.17, 15) is 14.7 Å². The fourth-order valence-corrected chi connectivity index (χ4v) is 2.89. The highest BCUT2D eigenvalue weighted by molar-refractivity contribution is 6.07. The third-order valence-electron chi connectivity index (χ3n) is 3.84. The van der Waals surface area contributed by atoms with Gasteiger partial charge in [0.25, 0.3) is 0 Å². The van der Waals surface area contributed by atoms with Gasteiger partial charge in [-0.1, -0.05) is 6.07 Å². The Morgan fingerprint density at radius 3 is 2.75 bits per heavy atom. The van der Waals surface area contributed by atoms with Gasteiger partial charge < -0.3 is 9.84 Å². The number of phenolic OH excluding ortho intramolecular Hbond substituents is 1. The molecular weight excluding hydrogens is 262 g/mol. The topological polar surface area (TPSA) is 90.9 Å². The van der Waals surface area contributed by atoms with Crippen LogP contribution < -0.4 is 15.5 Å². The molecule has 0 aliphatic carbocycles. The molecule has 1 aromatic rings. The summed E-state index contributed by atoms with van der Waals surface area (Å²) >= 11 is 0. The van der Waals surface area contributed by atoms with Crippen LogP contribution in [-0.2, 0) is 9.59 Å². The van der Waals surface area contributed by atoms with Crippen molar-refractivity contribution in [2.24, 2.45) is 5.92 Å². The molecule has 3 atom stereocenters. The van der Waals surface area contributed by atoms with Gasteiger partial charge in [0.15, 0.2) is 11.5 Å². The van der Waals surface area contributed by atoms with Crippen LogP contribution in [0.2, 0.25) is 0 Å². The standard InChI is InChI=1S/C13H15N3O4/c1-16-11-9(12(18)14-13(11)19)10(15-16)6-3-4-7(17)8(5-6)20-2/h3-5,9-11,15,17H,1-2H3,(H,14,18,19)/t9-,10+,11+/m1/s1. The Morgan fingerprint density at radius 2 is 2.05 bits per heavy atom. The number of rotatable bonds is 2. The molecule has 20 heavy (non-hydrogen) atoms. The Kier molecular flexibility index (Phi) is 2.88. The first kappa shape index (κ1) is 12.9. The number of nitrogens with zero attached hydrogens (tertiary/aromatic N) is 1. The summed E-state index contributed by atoms with van der Waals surface area (Å²) in [7, 11) is 3.19. The summed E-state index contributed by atoms with van der Waals surface area (Å²) in [6, 6.07) is 4.05. The van der Waals surface area contributed by atoms with Crippen molar-refractivity contribution >= 4 is 11.8 Å². The van der Waals surface area contributed by atoms with Crippen molar-refractivity contribution in [1.82, 2.24) is 15.8 Å². The average molecular weight is 277 g/mol. The normalized spacial score (nSPS) is 29.4. The zero-order valence-corrected chi connectivity index (χ0v) is 11.1. The van der Waals surface area contributed by atoms with Crippen LogP contribution in [0.1, 0.15) is 11.6 Å². The van der Waals surface area contributed by atoms with Gasteiger partial charge in [-0.15, -0.1) is 0 Å². The van der Waals surface area contributed by atoms with Crippen LogP contribution >= 0.6 is 0 Å². The van der Waals surface area contributed by atoms with E-state index >= 15 is 0 Å². The molecule has 2 heterocycles. The van der Waals surface area contributed by atoms with Crippen LogP contribution in [0.5, 0.6) is 11.5 Å². The van der Waals surface area contributed by atoms with E-state index in [0.29, 0.717) is 5.75 Å². The lowest BCUT2D eigenvalue weighted by Crippen LogP contribution is -2.41. The van der Waals surface area contributed by atoms with Crippen molar-refractivity contribution in [3.63, 3.8) is 0 Å². The van der Waals surface area contributed by atoms with Gasteiger partial charge in [-0.2, -0.15) is 0 Å². The minimum absolute atomic E-state index is 0.0334. The fraction of sp³-hybridized carbons (Fsp3) is 0.385. The summed E-state index contributed by atoms with van der Waals surface area (Å²) in [6.07, 6.45) is 0. The molecule has 0 aromatic heterocycles. The molecule has 7 nitrogen and oxygen atoms in total. The molecule has 2 saturated heterocycles. The monoisotopic (exact) mass is 277 g/mol. The van der Waals surface area contributed by atoms with Gasteiger partial charge in [-0.3, -0.25) is 14.9 Å². The molecular formula is C13H15N3O4. The zero-order chi connectivity index (χ0) is 14.4. The molecule has 106 valence electrons. The number of carbonyl (C=O) groups excluding carboxylic acids is 2. The molecule has 3 rings (SSSR count). The van der Waals surface area contributed by atoms with Crippen LogP contribution in [0.4, 0.5) is 0 Å². The number of ether oxygens (including phenoxy) is 1. The van der Waals surface area contributed by atoms with E-state index < -0.39 is 12.0 Å². The number of phenols is 1. The highest BCUT2D eigenvalue weighted by Crippen LogP contribution is 2.38. The van der Waals surface area contributed by atoms with Crippen molar-refractivity contribution in [3.8, 4) is 11.5 Å². The maximum atomic E-state index is 11.9. The zero-order valence-electron chi connectivity index (χ0n) is 11.1. The summed E-state index contributed by atoms with van der Waals surface area (Å²) in [6.45, 7) is 0. The van der Waals surface area contributed by atoms with Crippen LogP contribution in [0.3, 0.4) is 0 Å². The highest BCUT2D eigenvalue weighted by Gasteiger charge is 2.53. The number of amides is 2. The molecule has 1 aromatic carbocycles. The third kappa shape index (κ3) is 1.75. The van der Waals surface area contributed by atoms with Crippen molar-refractivity contribution in [2.75, 3.05) is 14.2 Å². The first-order chi connectivity index (χ1) is 9.52. The number of methoxy groups -OCH3 is 1. The molecule has 0 saturated carbocycles. The molecule has 0 radical (unpaired) electrons. The fourth-order valence-electron chi connectivity index (χ4n) is 2.89. The number of nitrogens with one attached hydrogen (secondary N) is 2. The number of carbonyl (C=O) groups is 2. The van der Waals surface area contributed by atoms with Crippen molar-refractivity contribution in [2.45, 2.75) is 12.1 Å². The average Bonchev–Trinajstić information content (AvgIpc) is 2.90. The summed E-state index contributed by atoms with van der Waals surface area (Å²) < 4.78 is 5.07. The summed E-state index contributed by atoms with van der Waals surface area (Å²) in [5, 5.41) is 13.6. The summed E-state index contributed by atoms with van der Waals surface area (Å²) in [5.74, 6) is -0.690. The van der Waals surface area contributed by atoms with Crippen LogP contribution in [0, 0.1) is 5.92 Å². The summed E-state index contributed by atoms with van der Waals surface area (Å²) in [4.78, 5) is 23.7. The van der Waals surface area contributed by atoms with Gasteiger partial charge in [0.2, 0.25) is 11.8 Å². The lowest BCUT2D eigenvalue weighted by atomic mass is 9.91. The number of imide groups is 1. The molecule has 7 heteroatoms. The molecule has 3 N–H and O–H groups in total. The van der Waals surface area contributed by atoms with E-state index in [1.165, 1.54) is 13.2 Å². The van der Waals surface area contributed by atoms with Crippen LogP contribution in [0.15, 0.2) is 18.2 Å². The third-order valence-corrected chi connectivity index (χ3v) is 3.84. The second-order valence-electron chi connectivity index (χ2n) is 4.97. The lowest BCUT2D eigenvalue weighted by Gasteiger charge is -2.18. The minimum Gasteiger partial charge on any atom is -0.504 e. The number of fused-ring (bicyclic) bond motifs is 1. The van der Waals surface area contributed by atoms with Crippen molar-refractivity contribution < 1.29 is 19.4 Å². The van der Waals surface area contributed by atoms with E-state index in [1.807, 2.05) is 0 Å². The summed E-state index contributed by atoms with van der Waals surface area (Å²) in [5.41, 5.74) is 3.90. The number of likely N-dealkylation sites (N-methyl/N-ethyl adjacent to an activating group) is 1. The van der Waals surface area contributed by atoms with E-state index in [2.05, 4.69) is 10.7 Å². The number of hydrazine groups is 1. The number of benzene rings is 1. The molecule has 0 spiro atoms. The van der Waals surface area contributed by atoms with E-state index in [4.69, 9.17) is 4.74 Å². The Bertz CT molecular complexity index is 589. The number of hydrogen-bond donors (Lipinski definition) is 3. The van der Waals surface area contributed by atoms with Gasteiger partial charge in [-0.05, 0) is 17.7 Å². The lowest BCUT2D eigenvalue weighted by molar-refractivity contribution is -0.127. The second-order valence-corrected chi connectivity index (χ2v) is 4.97. The Labute approximate surface area is 115 Å². The SMILES string of the molecule is COc1cc([C@@H]2NN(C)[C@@H]3C(=O)NC(=O)[C@@H]32)ccc1O. The van der Waals surface area contributed by atoms with Crippen LogP contribution in [0.25, 0.3) is 0 Å². The largest absolute Gasteiger partial charge is 0.504 e. The van der Waals surface area contributed by atoms with E-state index in [1.54, 1.807) is 24.2 Å². The van der Waals surface area contributed by atoms with Gasteiger partial charge in [0, 0.05) is 7.05 Å². The van der Waals surface area contributed by atoms with Crippen molar-refractivity contribution in [3.05, 3.63) is 23.8 Å². The number of aromatic hydroxyl groups is 1. The van der Waals surface area contributed by atoms with Crippen LogP contribution in [-0.4, -0.2) is 42.1 Å². The molecule has 0 unspecified atom stereocenters. The highest BCUT2D eigenvalue weighted by atomic mass is 16.5. The Balaban J connectivity index is 1.99. The quantitative estimate of drug-likeness (QED) is 0.633. The van der Waals surface area contributed by atoms with Gasteiger partial charge in [0.1, 0.15) is 6.04 Å². The molecule has 2 fully saturated rings. The smallest absolute Gasteiger partial charge is 0.246 e. The maximum absolute atomic E-state index is 11.9. The first-order valence-electron chi connectivity index (χ1n) is 6.23. The molecule has 2 aliphatic rings. The van der Waals surface area contributed by atoms with E-state index in [-0.39, 0.29) is 23.6 Å². The maximum Gasteiger partial charge on any atom is 0.246 e. The first-order valence-corrected chi connectivity index (χ1v) is 6.23. The predicted octanol–water partition coefficient (Wildman–Crippen LogP) is -0.467. The molecule has 2 amide bonds. The van der Waals surface area contributed by atoms with E-state index in [0.717, 1.165) is 5.56 Å². The second kappa shape index (κ2) is 4.46. The number of hydrogen-bond acceptors (Lipinski definition) is 6. The van der Waals surface area contributed by atoms with Gasteiger partial charge >= 0.3 is 0 Å². The Morgan fingerprint density at radius 1 is 1.30 bits per heavy atom. The minimum atomic E-state index is -0.507. The van der Waals surface area contributed by atoms with Gasteiger partial charge in [0.05, 0.1) is 19.1 Å². The predicted molar refractivity (Wildman–Crippen MR) is 68.7 cm³/mol. The molecule has 0 bridgehead atoms. The molecule has 2 aliphatic heterocycles. The van der Waals surface area contributed by atoms with Gasteiger partial charge in [-0.25, -0.2) is 10.4 Å².